The van der Waals surface area contributed by atoms with E-state index in [4.69, 9.17) is 5.84 Å². The largest absolute Gasteiger partial charge is 0.271 e. The molecule has 1 aromatic carbocycles. The van der Waals surface area contributed by atoms with Crippen molar-refractivity contribution in [1.29, 1.82) is 0 Å². The van der Waals surface area contributed by atoms with Crippen molar-refractivity contribution >= 4 is 11.3 Å². The number of hydrazine groups is 1. The van der Waals surface area contributed by atoms with Crippen LogP contribution < -0.4 is 11.3 Å². The van der Waals surface area contributed by atoms with Crippen LogP contribution in [0.15, 0.2) is 23.6 Å². The van der Waals surface area contributed by atoms with Crippen LogP contribution in [0.1, 0.15) is 34.5 Å². The fourth-order valence-electron chi connectivity index (χ4n) is 2.08. The zero-order valence-electron chi connectivity index (χ0n) is 10.8. The second-order valence-corrected chi connectivity index (χ2v) is 5.31. The summed E-state index contributed by atoms with van der Waals surface area (Å²) in [4.78, 5) is 0.923. The number of nitrogens with one attached hydrogen (secondary N) is 1. The highest BCUT2D eigenvalue weighted by Gasteiger charge is 2.22. The van der Waals surface area contributed by atoms with Gasteiger partial charge in [0.1, 0.15) is 0 Å². The van der Waals surface area contributed by atoms with Gasteiger partial charge in [-0.1, -0.05) is 19.1 Å². The number of halogens is 2. The molecule has 0 spiro atoms. The Kier molecular flexibility index (Phi) is 4.29. The minimum Gasteiger partial charge on any atom is -0.271 e. The Morgan fingerprint density at radius 1 is 1.26 bits per heavy atom. The summed E-state index contributed by atoms with van der Waals surface area (Å²) < 4.78 is 27.7. The van der Waals surface area contributed by atoms with Gasteiger partial charge in [0.15, 0.2) is 11.6 Å². The number of aryl methyl sites for hydroxylation is 2. The van der Waals surface area contributed by atoms with E-state index in [1.54, 1.807) is 12.1 Å². The Balaban J connectivity index is 2.52. The summed E-state index contributed by atoms with van der Waals surface area (Å²) in [5, 5.41) is 1.93. The van der Waals surface area contributed by atoms with Gasteiger partial charge in [-0.25, -0.2) is 14.2 Å². The molecular formula is C14H16F2N2S. The predicted molar refractivity (Wildman–Crippen MR) is 74.0 cm³/mol. The number of nitrogens with two attached hydrogens (primary N) is 1. The molecule has 2 aromatic rings. The standard InChI is InChI=1S/C14H16F2N2S/c1-3-9-6-7-19-14(9)13(18-17)10-5-4-8(2)11(15)12(10)16/h4-7,13,18H,3,17H2,1-2H3. The minimum absolute atomic E-state index is 0.239. The number of benzene rings is 1. The molecule has 2 rings (SSSR count). The van der Waals surface area contributed by atoms with Crippen molar-refractivity contribution in [2.45, 2.75) is 26.3 Å². The normalized spacial score (nSPS) is 12.7. The molecule has 2 nitrogen and oxygen atoms in total. The molecule has 0 aliphatic heterocycles. The van der Waals surface area contributed by atoms with E-state index < -0.39 is 17.7 Å². The van der Waals surface area contributed by atoms with Crippen LogP contribution in [0.5, 0.6) is 0 Å². The third-order valence-corrected chi connectivity index (χ3v) is 4.23. The number of rotatable bonds is 4. The van der Waals surface area contributed by atoms with Crippen molar-refractivity contribution in [3.05, 3.63) is 56.8 Å². The van der Waals surface area contributed by atoms with Gasteiger partial charge < -0.3 is 0 Å². The van der Waals surface area contributed by atoms with E-state index in [0.717, 1.165) is 16.9 Å². The summed E-state index contributed by atoms with van der Waals surface area (Å²) in [5.74, 6) is 3.90. The van der Waals surface area contributed by atoms with E-state index in [0.29, 0.717) is 5.56 Å². The average Bonchev–Trinajstić information content (AvgIpc) is 2.88. The van der Waals surface area contributed by atoms with Gasteiger partial charge in [-0.3, -0.25) is 5.84 Å². The van der Waals surface area contributed by atoms with Gasteiger partial charge in [0, 0.05) is 10.4 Å². The molecule has 0 aliphatic carbocycles. The average molecular weight is 282 g/mol. The van der Waals surface area contributed by atoms with Crippen LogP contribution in [0, 0.1) is 18.6 Å². The van der Waals surface area contributed by atoms with E-state index in [1.807, 2.05) is 18.4 Å². The van der Waals surface area contributed by atoms with Gasteiger partial charge in [-0.15, -0.1) is 11.3 Å². The highest BCUT2D eigenvalue weighted by atomic mass is 32.1. The fraction of sp³-hybridized carbons (Fsp3) is 0.286. The summed E-state index contributed by atoms with van der Waals surface area (Å²) in [5.41, 5.74) is 4.21. The maximum Gasteiger partial charge on any atom is 0.164 e. The van der Waals surface area contributed by atoms with Crippen LogP contribution in [0.4, 0.5) is 8.78 Å². The zero-order chi connectivity index (χ0) is 14.0. The second kappa shape index (κ2) is 5.77. The molecule has 0 aliphatic rings. The first-order valence-corrected chi connectivity index (χ1v) is 6.95. The van der Waals surface area contributed by atoms with Crippen LogP contribution in [0.25, 0.3) is 0 Å². The number of hydrogen-bond acceptors (Lipinski definition) is 3. The molecule has 0 radical (unpaired) electrons. The Morgan fingerprint density at radius 3 is 2.63 bits per heavy atom. The highest BCUT2D eigenvalue weighted by molar-refractivity contribution is 7.10. The molecule has 1 heterocycles. The van der Waals surface area contributed by atoms with Gasteiger partial charge in [-0.2, -0.15) is 0 Å². The van der Waals surface area contributed by atoms with E-state index >= 15 is 0 Å². The maximum absolute atomic E-state index is 14.1. The van der Waals surface area contributed by atoms with E-state index in [9.17, 15) is 8.78 Å². The van der Waals surface area contributed by atoms with Gasteiger partial charge in [0.25, 0.3) is 0 Å². The van der Waals surface area contributed by atoms with Crippen molar-refractivity contribution in [1.82, 2.24) is 5.43 Å². The van der Waals surface area contributed by atoms with Gasteiger partial charge >= 0.3 is 0 Å². The fourth-order valence-corrected chi connectivity index (χ4v) is 3.16. The molecule has 3 N–H and O–H groups in total. The summed E-state index contributed by atoms with van der Waals surface area (Å²) >= 11 is 1.49. The quantitative estimate of drug-likeness (QED) is 0.666. The summed E-state index contributed by atoms with van der Waals surface area (Å²) in [6, 6.07) is 4.60. The molecule has 0 saturated heterocycles. The molecule has 0 saturated carbocycles. The SMILES string of the molecule is CCc1ccsc1C(NN)c1ccc(C)c(F)c1F. The molecule has 1 aromatic heterocycles. The summed E-state index contributed by atoms with van der Waals surface area (Å²) in [6.45, 7) is 3.56. The van der Waals surface area contributed by atoms with Gasteiger partial charge in [-0.05, 0) is 35.9 Å². The third-order valence-electron chi connectivity index (χ3n) is 3.21. The smallest absolute Gasteiger partial charge is 0.164 e. The van der Waals surface area contributed by atoms with Crippen molar-refractivity contribution in [2.75, 3.05) is 0 Å². The Morgan fingerprint density at radius 2 is 2.00 bits per heavy atom. The number of hydrogen-bond donors (Lipinski definition) is 2. The first-order chi connectivity index (χ1) is 9.10. The maximum atomic E-state index is 14.1. The van der Waals surface area contributed by atoms with Crippen molar-refractivity contribution in [3.63, 3.8) is 0 Å². The lowest BCUT2D eigenvalue weighted by Gasteiger charge is -2.18. The monoisotopic (exact) mass is 282 g/mol. The van der Waals surface area contributed by atoms with E-state index in [2.05, 4.69) is 5.43 Å². The Bertz CT molecular complexity index is 581. The molecular weight excluding hydrogens is 266 g/mol. The molecule has 0 bridgehead atoms. The molecule has 0 amide bonds. The molecule has 102 valence electrons. The van der Waals surface area contributed by atoms with Gasteiger partial charge in [0.2, 0.25) is 0 Å². The van der Waals surface area contributed by atoms with Crippen LogP contribution in [-0.2, 0) is 6.42 Å². The first kappa shape index (κ1) is 14.1. The molecule has 19 heavy (non-hydrogen) atoms. The van der Waals surface area contributed by atoms with Crippen LogP contribution in [-0.4, -0.2) is 0 Å². The molecule has 1 unspecified atom stereocenters. The van der Waals surface area contributed by atoms with E-state index in [-0.39, 0.29) is 5.56 Å². The summed E-state index contributed by atoms with van der Waals surface area (Å²) in [7, 11) is 0. The summed E-state index contributed by atoms with van der Waals surface area (Å²) in [6.07, 6.45) is 0.826. The second-order valence-electron chi connectivity index (χ2n) is 4.36. The molecule has 5 heteroatoms. The van der Waals surface area contributed by atoms with Crippen molar-refractivity contribution in [2.24, 2.45) is 5.84 Å². The third kappa shape index (κ3) is 2.54. The zero-order valence-corrected chi connectivity index (χ0v) is 11.7. The topological polar surface area (TPSA) is 38.0 Å². The van der Waals surface area contributed by atoms with Crippen LogP contribution in [0.2, 0.25) is 0 Å². The lowest BCUT2D eigenvalue weighted by atomic mass is 10.00. The predicted octanol–water partition coefficient (Wildman–Crippen LogP) is 3.45. The van der Waals surface area contributed by atoms with Gasteiger partial charge in [0.05, 0.1) is 6.04 Å². The minimum atomic E-state index is -0.835. The number of thiophene rings is 1. The Labute approximate surface area is 115 Å². The molecule has 0 fully saturated rings. The molecule has 1 atom stereocenters. The van der Waals surface area contributed by atoms with Crippen molar-refractivity contribution < 1.29 is 8.78 Å². The van der Waals surface area contributed by atoms with E-state index in [1.165, 1.54) is 18.3 Å². The lowest BCUT2D eigenvalue weighted by Crippen LogP contribution is -2.29. The van der Waals surface area contributed by atoms with Crippen LogP contribution >= 0.6 is 11.3 Å². The lowest BCUT2D eigenvalue weighted by molar-refractivity contribution is 0.479. The highest BCUT2D eigenvalue weighted by Crippen LogP contribution is 2.32. The Hall–Kier alpha value is -1.30. The first-order valence-electron chi connectivity index (χ1n) is 6.07. The van der Waals surface area contributed by atoms with Crippen LogP contribution in [0.3, 0.4) is 0 Å². The van der Waals surface area contributed by atoms with Crippen molar-refractivity contribution in [3.8, 4) is 0 Å².